The fourth-order valence-electron chi connectivity index (χ4n) is 2.10. The highest BCUT2D eigenvalue weighted by Crippen LogP contribution is 2.19. The maximum absolute atomic E-state index is 13.4. The normalized spacial score (nSPS) is 10.5. The average molecular weight is 313 g/mol. The van der Waals surface area contributed by atoms with Gasteiger partial charge in [-0.15, -0.1) is 0 Å². The van der Waals surface area contributed by atoms with E-state index in [1.165, 1.54) is 50.7 Å². The van der Waals surface area contributed by atoms with Gasteiger partial charge in [-0.25, -0.2) is 0 Å². The minimum atomic E-state index is -2.07. The van der Waals surface area contributed by atoms with Gasteiger partial charge in [0.2, 0.25) is 5.88 Å². The van der Waals surface area contributed by atoms with Crippen molar-refractivity contribution >= 4 is 7.32 Å². The molecule has 0 aliphatic rings. The number of ether oxygens (including phenoxy) is 1. The van der Waals surface area contributed by atoms with E-state index in [9.17, 15) is 4.39 Å². The summed E-state index contributed by atoms with van der Waals surface area (Å²) >= 11 is 0. The molecule has 1 aromatic heterocycles. The van der Waals surface area contributed by atoms with Crippen LogP contribution in [0.4, 0.5) is 4.39 Å². The summed E-state index contributed by atoms with van der Waals surface area (Å²) in [5.41, 5.74) is 0. The van der Waals surface area contributed by atoms with E-state index < -0.39 is 13.3 Å². The third kappa shape index (κ3) is 8.19. The van der Waals surface area contributed by atoms with Crippen molar-refractivity contribution in [3.63, 3.8) is 0 Å². The molecule has 1 aromatic rings. The van der Waals surface area contributed by atoms with Crippen LogP contribution in [-0.2, 0) is 0 Å². The molecule has 0 radical (unpaired) electrons. The molecule has 0 aromatic carbocycles. The van der Waals surface area contributed by atoms with Crippen molar-refractivity contribution in [2.75, 3.05) is 6.61 Å². The molecule has 0 saturated heterocycles. The fourth-order valence-corrected chi connectivity index (χ4v) is 2.10. The van der Waals surface area contributed by atoms with Gasteiger partial charge in [0.05, 0.1) is 6.61 Å². The van der Waals surface area contributed by atoms with Gasteiger partial charge in [0, 0.05) is 6.07 Å². The third-order valence-electron chi connectivity index (χ3n) is 3.27. The van der Waals surface area contributed by atoms with Gasteiger partial charge < -0.3 is 19.4 Å². The van der Waals surface area contributed by atoms with Crippen molar-refractivity contribution in [2.45, 2.75) is 58.3 Å². The Morgan fingerprint density at radius 3 is 2.27 bits per heavy atom. The van der Waals surface area contributed by atoms with Crippen LogP contribution in [0.15, 0.2) is 12.1 Å². The predicted molar refractivity (Wildman–Crippen MR) is 83.1 cm³/mol. The Hall–Kier alpha value is -1.34. The van der Waals surface area contributed by atoms with Gasteiger partial charge in [0.15, 0.2) is 5.75 Å². The molecular formula is C15H25BFNO4. The molecule has 0 aliphatic heterocycles. The van der Waals surface area contributed by atoms with E-state index in [-0.39, 0.29) is 11.6 Å². The van der Waals surface area contributed by atoms with Crippen molar-refractivity contribution in [3.8, 4) is 11.6 Å². The van der Waals surface area contributed by atoms with Crippen LogP contribution in [0.3, 0.4) is 0 Å². The summed E-state index contributed by atoms with van der Waals surface area (Å²) in [6.07, 6.45) is 9.62. The quantitative estimate of drug-likeness (QED) is 0.352. The number of nitrogens with zero attached hydrogens (tertiary/aromatic N) is 1. The largest absolute Gasteiger partial charge is 0.707 e. The number of hydrogen-bond donors (Lipinski definition) is 2. The molecule has 0 bridgehead atoms. The molecule has 1 rings (SSSR count). The van der Waals surface area contributed by atoms with Crippen LogP contribution in [-0.4, -0.2) is 29.0 Å². The summed E-state index contributed by atoms with van der Waals surface area (Å²) in [5, 5.41) is 17.2. The Morgan fingerprint density at radius 1 is 1.05 bits per heavy atom. The summed E-state index contributed by atoms with van der Waals surface area (Å²) in [5.74, 6) is -1.09. The highest BCUT2D eigenvalue weighted by Gasteiger charge is 2.15. The second kappa shape index (κ2) is 11.3. The fraction of sp³-hybridized carbons (Fsp3) is 0.667. The molecule has 1 heterocycles. The second-order valence-corrected chi connectivity index (χ2v) is 5.21. The molecule has 22 heavy (non-hydrogen) atoms. The molecule has 7 heteroatoms. The Kier molecular flexibility index (Phi) is 9.58. The van der Waals surface area contributed by atoms with E-state index in [2.05, 4.69) is 16.6 Å². The van der Waals surface area contributed by atoms with Crippen molar-refractivity contribution < 1.29 is 23.8 Å². The van der Waals surface area contributed by atoms with Gasteiger partial charge in [-0.2, -0.15) is 9.37 Å². The Labute approximate surface area is 131 Å². The first-order valence-electron chi connectivity index (χ1n) is 7.95. The number of pyridine rings is 1. The molecule has 5 nitrogen and oxygen atoms in total. The van der Waals surface area contributed by atoms with Crippen LogP contribution in [0, 0.1) is 5.95 Å². The van der Waals surface area contributed by atoms with Gasteiger partial charge in [-0.05, 0) is 12.5 Å². The average Bonchev–Trinajstić information content (AvgIpc) is 2.48. The molecule has 0 aliphatic carbocycles. The first-order chi connectivity index (χ1) is 10.6. The van der Waals surface area contributed by atoms with Gasteiger partial charge in [-0.3, -0.25) is 0 Å². The molecule has 0 atom stereocenters. The Morgan fingerprint density at radius 2 is 1.68 bits per heavy atom. The summed E-state index contributed by atoms with van der Waals surface area (Å²) in [7, 11) is -2.07. The van der Waals surface area contributed by atoms with E-state index in [0.717, 1.165) is 12.8 Å². The van der Waals surface area contributed by atoms with E-state index in [4.69, 9.17) is 14.8 Å². The molecule has 0 spiro atoms. The van der Waals surface area contributed by atoms with Crippen LogP contribution in [0.1, 0.15) is 58.3 Å². The monoisotopic (exact) mass is 313 g/mol. The first kappa shape index (κ1) is 18.7. The standard InChI is InChI=1S/C15H25BFNO4/c1-2-3-4-5-6-7-8-9-12-21-14-11-10-13(15(17)18-14)22-16(19)20/h10-11,19-20H,2-9,12H2,1H3. The van der Waals surface area contributed by atoms with Crippen LogP contribution in [0.2, 0.25) is 0 Å². The third-order valence-corrected chi connectivity index (χ3v) is 3.27. The number of unbranched alkanes of at least 4 members (excludes halogenated alkanes) is 7. The summed E-state index contributed by atoms with van der Waals surface area (Å²) in [4.78, 5) is 3.56. The number of halogens is 1. The lowest BCUT2D eigenvalue weighted by Crippen LogP contribution is -2.21. The molecular weight excluding hydrogens is 288 g/mol. The zero-order chi connectivity index (χ0) is 16.2. The maximum Gasteiger partial charge on any atom is 0.707 e. The number of hydrogen-bond acceptors (Lipinski definition) is 5. The zero-order valence-electron chi connectivity index (χ0n) is 13.1. The van der Waals surface area contributed by atoms with Crippen molar-refractivity contribution in [1.29, 1.82) is 0 Å². The van der Waals surface area contributed by atoms with E-state index in [0.29, 0.717) is 6.61 Å². The Balaban J connectivity index is 2.13. The predicted octanol–water partition coefficient (Wildman–Crippen LogP) is 3.09. The smallest absolute Gasteiger partial charge is 0.508 e. The molecule has 0 unspecified atom stereocenters. The van der Waals surface area contributed by atoms with Crippen molar-refractivity contribution in [1.82, 2.24) is 4.98 Å². The van der Waals surface area contributed by atoms with Gasteiger partial charge in [-0.1, -0.05) is 51.9 Å². The lowest BCUT2D eigenvalue weighted by atomic mass is 10.1. The zero-order valence-corrected chi connectivity index (χ0v) is 13.1. The maximum atomic E-state index is 13.4. The Bertz CT molecular complexity index is 421. The summed E-state index contributed by atoms with van der Waals surface area (Å²) in [6.45, 7) is 2.70. The summed E-state index contributed by atoms with van der Waals surface area (Å²) < 4.78 is 23.2. The summed E-state index contributed by atoms with van der Waals surface area (Å²) in [6, 6.07) is 2.69. The van der Waals surface area contributed by atoms with Crippen molar-refractivity contribution in [2.24, 2.45) is 0 Å². The van der Waals surface area contributed by atoms with Crippen LogP contribution in [0.25, 0.3) is 0 Å². The molecule has 2 N–H and O–H groups in total. The lowest BCUT2D eigenvalue weighted by Gasteiger charge is -2.08. The van der Waals surface area contributed by atoms with Crippen LogP contribution in [0.5, 0.6) is 11.6 Å². The molecule has 0 amide bonds. The van der Waals surface area contributed by atoms with E-state index in [1.54, 1.807) is 0 Å². The highest BCUT2D eigenvalue weighted by molar-refractivity contribution is 6.33. The lowest BCUT2D eigenvalue weighted by molar-refractivity contribution is 0.270. The topological polar surface area (TPSA) is 71.8 Å². The van der Waals surface area contributed by atoms with Crippen molar-refractivity contribution in [3.05, 3.63) is 18.1 Å². The van der Waals surface area contributed by atoms with Gasteiger partial charge in [0.1, 0.15) is 0 Å². The highest BCUT2D eigenvalue weighted by atomic mass is 19.1. The van der Waals surface area contributed by atoms with Gasteiger partial charge >= 0.3 is 7.32 Å². The van der Waals surface area contributed by atoms with E-state index in [1.807, 2.05) is 0 Å². The molecule has 0 fully saturated rings. The van der Waals surface area contributed by atoms with Gasteiger partial charge in [0.25, 0.3) is 5.95 Å². The van der Waals surface area contributed by atoms with E-state index >= 15 is 0 Å². The minimum Gasteiger partial charge on any atom is -0.508 e. The van der Waals surface area contributed by atoms with Crippen LogP contribution >= 0.6 is 0 Å². The van der Waals surface area contributed by atoms with Crippen LogP contribution < -0.4 is 9.39 Å². The molecule has 124 valence electrons. The first-order valence-corrected chi connectivity index (χ1v) is 7.95. The SMILES string of the molecule is CCCCCCCCCCOc1ccc(OB(O)O)c(F)n1. The molecule has 0 saturated carbocycles. The second-order valence-electron chi connectivity index (χ2n) is 5.21. The number of aromatic nitrogens is 1. The number of rotatable bonds is 12. The minimum absolute atomic E-state index is 0.167.